The van der Waals surface area contributed by atoms with E-state index in [1.807, 2.05) is 82.4 Å². The number of aromatic nitrogens is 6. The smallest absolute Gasteiger partial charge is 0.261 e. The molecule has 0 saturated heterocycles. The predicted octanol–water partition coefficient (Wildman–Crippen LogP) is 8.55. The largest absolute Gasteiger partial charge is 0.326 e. The average Bonchev–Trinajstić information content (AvgIpc) is 4.08. The van der Waals surface area contributed by atoms with Crippen molar-refractivity contribution in [2.45, 2.75) is 13.1 Å². The second kappa shape index (κ2) is 14.1. The van der Waals surface area contributed by atoms with Crippen LogP contribution in [0.3, 0.4) is 0 Å². The summed E-state index contributed by atoms with van der Waals surface area (Å²) in [6.07, 6.45) is 7.27. The van der Waals surface area contributed by atoms with Crippen LogP contribution in [0.2, 0.25) is 0 Å². The van der Waals surface area contributed by atoms with Crippen LogP contribution in [0.1, 0.15) is 31.8 Å². The standard InChI is InChI=1S/C25H16N4O2S.C17H14N4S/c30-24-19-6-1-2-7-20(19)25(31)28(24)14-16-8-9-22-21(12-16)27-15-29(22)18-5-3-4-17(13-18)23-26-10-11-32-23;18-10-12-4-5-16-15(8-12)20-11-21(16)14-3-1-2-13(9-14)17-19-6-7-22-17/h1-13,15H,14H2;1-9,11H,10,18H2. The van der Waals surface area contributed by atoms with Crippen molar-refractivity contribution in [1.29, 1.82) is 0 Å². The number of benzene rings is 5. The maximum Gasteiger partial charge on any atom is 0.261 e. The number of imidazole rings is 2. The highest BCUT2D eigenvalue weighted by atomic mass is 32.1. The molecule has 54 heavy (non-hydrogen) atoms. The van der Waals surface area contributed by atoms with Gasteiger partial charge in [-0.1, -0.05) is 48.5 Å². The summed E-state index contributed by atoms with van der Waals surface area (Å²) in [5.74, 6) is -0.509. The van der Waals surface area contributed by atoms with Gasteiger partial charge in [-0.3, -0.25) is 23.6 Å². The van der Waals surface area contributed by atoms with Crippen molar-refractivity contribution < 1.29 is 9.59 Å². The van der Waals surface area contributed by atoms with E-state index in [0.717, 1.165) is 65.7 Å². The van der Waals surface area contributed by atoms with Crippen LogP contribution in [-0.4, -0.2) is 45.8 Å². The molecule has 2 amide bonds. The molecule has 0 saturated carbocycles. The number of hydrogen-bond acceptors (Lipinski definition) is 9. The first kappa shape index (κ1) is 33.3. The number of hydrogen-bond donors (Lipinski definition) is 1. The molecule has 1 aliphatic heterocycles. The van der Waals surface area contributed by atoms with Gasteiger partial charge in [0.15, 0.2) is 0 Å². The van der Waals surface area contributed by atoms with Crippen LogP contribution in [0.5, 0.6) is 0 Å². The van der Waals surface area contributed by atoms with Gasteiger partial charge in [0, 0.05) is 52.2 Å². The molecule has 0 aliphatic carbocycles. The van der Waals surface area contributed by atoms with Gasteiger partial charge in [0.1, 0.15) is 22.7 Å². The Morgan fingerprint density at radius 2 is 1.07 bits per heavy atom. The second-order valence-electron chi connectivity index (χ2n) is 12.6. The third-order valence-electron chi connectivity index (χ3n) is 9.29. The summed E-state index contributed by atoms with van der Waals surface area (Å²) in [5.41, 5.74) is 16.6. The van der Waals surface area contributed by atoms with Gasteiger partial charge in [0.2, 0.25) is 0 Å². The molecule has 0 radical (unpaired) electrons. The van der Waals surface area contributed by atoms with Crippen LogP contribution >= 0.6 is 22.7 Å². The molecule has 9 aromatic rings. The third-order valence-corrected chi connectivity index (χ3v) is 10.9. The minimum Gasteiger partial charge on any atom is -0.326 e. The molecule has 1 aliphatic rings. The van der Waals surface area contributed by atoms with Crippen molar-refractivity contribution in [3.63, 3.8) is 0 Å². The van der Waals surface area contributed by atoms with E-state index < -0.39 is 0 Å². The maximum absolute atomic E-state index is 12.7. The first-order valence-electron chi connectivity index (χ1n) is 17.1. The molecule has 262 valence electrons. The molecule has 12 heteroatoms. The van der Waals surface area contributed by atoms with E-state index in [9.17, 15) is 9.59 Å². The fraction of sp³-hybridized carbons (Fsp3) is 0.0476. The number of rotatable bonds is 7. The fourth-order valence-electron chi connectivity index (χ4n) is 6.63. The van der Waals surface area contributed by atoms with Gasteiger partial charge in [-0.05, 0) is 71.8 Å². The lowest BCUT2D eigenvalue weighted by Gasteiger charge is -2.14. The Morgan fingerprint density at radius 3 is 1.57 bits per heavy atom. The Labute approximate surface area is 317 Å². The summed E-state index contributed by atoms with van der Waals surface area (Å²) in [7, 11) is 0. The normalized spacial score (nSPS) is 12.4. The highest BCUT2D eigenvalue weighted by molar-refractivity contribution is 7.13. The monoisotopic (exact) mass is 742 g/mol. The van der Waals surface area contributed by atoms with Crippen LogP contribution < -0.4 is 5.73 Å². The number of carbonyl (C=O) groups excluding carboxylic acids is 2. The van der Waals surface area contributed by atoms with E-state index >= 15 is 0 Å². The van der Waals surface area contributed by atoms with E-state index in [0.29, 0.717) is 17.7 Å². The first-order chi connectivity index (χ1) is 26.5. The van der Waals surface area contributed by atoms with Crippen LogP contribution in [0.4, 0.5) is 0 Å². The maximum atomic E-state index is 12.7. The van der Waals surface area contributed by atoms with Crippen molar-refractivity contribution in [2.24, 2.45) is 5.73 Å². The fourth-order valence-corrected chi connectivity index (χ4v) is 7.90. The van der Waals surface area contributed by atoms with Gasteiger partial charge >= 0.3 is 0 Å². The molecule has 5 heterocycles. The van der Waals surface area contributed by atoms with Gasteiger partial charge in [0.05, 0.1) is 39.7 Å². The average molecular weight is 743 g/mol. The third kappa shape index (κ3) is 6.17. The Kier molecular flexibility index (Phi) is 8.67. The number of carbonyl (C=O) groups is 2. The highest BCUT2D eigenvalue weighted by Gasteiger charge is 2.35. The minimum atomic E-state index is -0.254. The Hall–Kier alpha value is -6.60. The summed E-state index contributed by atoms with van der Waals surface area (Å²) in [4.78, 5) is 44.5. The van der Waals surface area contributed by atoms with E-state index in [-0.39, 0.29) is 18.4 Å². The van der Waals surface area contributed by atoms with Crippen LogP contribution in [-0.2, 0) is 13.1 Å². The number of thiazole rings is 2. The van der Waals surface area contributed by atoms with Gasteiger partial charge in [-0.25, -0.2) is 19.9 Å². The zero-order valence-corrected chi connectivity index (χ0v) is 30.2. The molecule has 0 spiro atoms. The molecule has 4 aromatic heterocycles. The molecular weight excluding hydrogens is 713 g/mol. The summed E-state index contributed by atoms with van der Waals surface area (Å²) in [6, 6.07) is 35.5. The van der Waals surface area contributed by atoms with E-state index in [4.69, 9.17) is 5.73 Å². The zero-order chi connectivity index (χ0) is 36.6. The van der Waals surface area contributed by atoms with Crippen molar-refractivity contribution in [1.82, 2.24) is 34.0 Å². The van der Waals surface area contributed by atoms with Crippen molar-refractivity contribution in [2.75, 3.05) is 0 Å². The lowest BCUT2D eigenvalue weighted by molar-refractivity contribution is 0.0642. The van der Waals surface area contributed by atoms with Gasteiger partial charge in [-0.15, -0.1) is 22.7 Å². The second-order valence-corrected chi connectivity index (χ2v) is 14.4. The van der Waals surface area contributed by atoms with Gasteiger partial charge in [-0.2, -0.15) is 0 Å². The highest BCUT2D eigenvalue weighted by Crippen LogP contribution is 2.29. The summed E-state index contributed by atoms with van der Waals surface area (Å²) < 4.78 is 4.12. The molecule has 10 nitrogen and oxygen atoms in total. The predicted molar refractivity (Wildman–Crippen MR) is 213 cm³/mol. The van der Waals surface area contributed by atoms with Gasteiger partial charge < -0.3 is 5.73 Å². The molecule has 0 unspecified atom stereocenters. The minimum absolute atomic E-state index is 0.217. The van der Waals surface area contributed by atoms with Crippen LogP contribution in [0.25, 0.3) is 54.6 Å². The number of fused-ring (bicyclic) bond motifs is 3. The summed E-state index contributed by atoms with van der Waals surface area (Å²) >= 11 is 3.24. The number of nitrogens with two attached hydrogens (primary N) is 1. The van der Waals surface area contributed by atoms with E-state index in [2.05, 4.69) is 54.8 Å². The van der Waals surface area contributed by atoms with Crippen molar-refractivity contribution in [3.05, 3.63) is 167 Å². The molecule has 10 rings (SSSR count). The number of imide groups is 1. The Bertz CT molecular complexity index is 2770. The van der Waals surface area contributed by atoms with E-state index in [1.165, 1.54) is 4.90 Å². The molecule has 0 fully saturated rings. The molecule has 0 bridgehead atoms. The van der Waals surface area contributed by atoms with E-state index in [1.54, 1.807) is 59.5 Å². The zero-order valence-electron chi connectivity index (χ0n) is 28.6. The lowest BCUT2D eigenvalue weighted by atomic mass is 10.1. The quantitative estimate of drug-likeness (QED) is 0.162. The topological polar surface area (TPSA) is 125 Å². The molecular formula is C42H30N8O2S2. The first-order valence-corrected chi connectivity index (χ1v) is 18.9. The number of amides is 2. The molecule has 0 atom stereocenters. The molecule has 2 N–H and O–H groups in total. The Morgan fingerprint density at radius 1 is 0.556 bits per heavy atom. The van der Waals surface area contributed by atoms with Crippen molar-refractivity contribution >= 4 is 56.6 Å². The summed E-state index contributed by atoms with van der Waals surface area (Å²) in [6.45, 7) is 0.747. The SMILES string of the molecule is NCc1ccc2c(c1)ncn2-c1cccc(-c2nccs2)c1.O=C1c2ccccc2C(=O)N1Cc1ccc2c(c1)ncn2-c1cccc(-c2nccs2)c1. The Balaban J connectivity index is 0.000000153. The molecule has 5 aromatic carbocycles. The van der Waals surface area contributed by atoms with Gasteiger partial charge in [0.25, 0.3) is 11.8 Å². The number of nitrogens with zero attached hydrogens (tertiary/aromatic N) is 7. The van der Waals surface area contributed by atoms with Crippen molar-refractivity contribution in [3.8, 4) is 32.5 Å². The van der Waals surface area contributed by atoms with Crippen LogP contribution in [0.15, 0.2) is 145 Å². The summed E-state index contributed by atoms with van der Waals surface area (Å²) in [5, 5.41) is 5.95. The van der Waals surface area contributed by atoms with Crippen LogP contribution in [0, 0.1) is 0 Å². The lowest BCUT2D eigenvalue weighted by Crippen LogP contribution is -2.29.